The van der Waals surface area contributed by atoms with Gasteiger partial charge in [0.05, 0.1) is 26.7 Å². The number of hydrogen-bond donors (Lipinski definition) is 1. The van der Waals surface area contributed by atoms with Gasteiger partial charge in [0.15, 0.2) is 9.84 Å². The maximum absolute atomic E-state index is 12.3. The van der Waals surface area contributed by atoms with Crippen LogP contribution in [-0.4, -0.2) is 55.8 Å². The van der Waals surface area contributed by atoms with Gasteiger partial charge in [-0.05, 0) is 41.4 Å². The van der Waals surface area contributed by atoms with Gasteiger partial charge in [0.25, 0.3) is 5.91 Å². The van der Waals surface area contributed by atoms with Crippen LogP contribution in [0.1, 0.15) is 23.0 Å². The van der Waals surface area contributed by atoms with E-state index in [9.17, 15) is 18.0 Å². The van der Waals surface area contributed by atoms with Gasteiger partial charge < -0.3 is 10.2 Å². The van der Waals surface area contributed by atoms with Crippen molar-refractivity contribution in [2.75, 3.05) is 24.6 Å². The Kier molecular flexibility index (Phi) is 5.62. The van der Waals surface area contributed by atoms with E-state index in [4.69, 9.17) is 0 Å². The fourth-order valence-electron chi connectivity index (χ4n) is 2.27. The number of amides is 2. The van der Waals surface area contributed by atoms with Crippen molar-refractivity contribution < 1.29 is 18.0 Å². The molecule has 2 heterocycles. The number of rotatable bonds is 5. The summed E-state index contributed by atoms with van der Waals surface area (Å²) < 4.78 is 23.6. The molecule has 0 spiro atoms. The largest absolute Gasteiger partial charge is 0.351 e. The maximum atomic E-state index is 12.3. The van der Waals surface area contributed by atoms with Crippen LogP contribution in [0.15, 0.2) is 15.9 Å². The molecule has 1 aliphatic rings. The monoisotopic (exact) mass is 408 g/mol. The van der Waals surface area contributed by atoms with Gasteiger partial charge in [-0.3, -0.25) is 9.59 Å². The summed E-state index contributed by atoms with van der Waals surface area (Å²) in [5, 5.41) is 2.69. The normalized spacial score (nSPS) is 19.8. The van der Waals surface area contributed by atoms with Crippen molar-refractivity contribution >= 4 is 48.9 Å². The lowest BCUT2D eigenvalue weighted by Crippen LogP contribution is -2.44. The van der Waals surface area contributed by atoms with Crippen LogP contribution in [0, 0.1) is 0 Å². The third kappa shape index (κ3) is 4.53. The summed E-state index contributed by atoms with van der Waals surface area (Å²) in [7, 11) is -3.03. The highest BCUT2D eigenvalue weighted by Gasteiger charge is 2.29. The Bertz CT molecular complexity index is 671. The summed E-state index contributed by atoms with van der Waals surface area (Å²) in [5.41, 5.74) is 0. The molecule has 2 rings (SSSR count). The topological polar surface area (TPSA) is 83.6 Å². The van der Waals surface area contributed by atoms with Crippen LogP contribution in [0.25, 0.3) is 0 Å². The van der Waals surface area contributed by atoms with E-state index >= 15 is 0 Å². The Morgan fingerprint density at radius 2 is 2.18 bits per heavy atom. The number of carbonyl (C=O) groups is 2. The highest BCUT2D eigenvalue weighted by Crippen LogP contribution is 2.23. The molecule has 1 aromatic rings. The average molecular weight is 409 g/mol. The van der Waals surface area contributed by atoms with Gasteiger partial charge in [0.2, 0.25) is 5.91 Å². The zero-order valence-corrected chi connectivity index (χ0v) is 15.3. The molecule has 122 valence electrons. The number of thiophene rings is 1. The number of nitrogens with one attached hydrogen (secondary N) is 1. The molecule has 22 heavy (non-hydrogen) atoms. The predicted molar refractivity (Wildman–Crippen MR) is 88.8 cm³/mol. The van der Waals surface area contributed by atoms with Crippen molar-refractivity contribution in [3.05, 3.63) is 20.8 Å². The Balaban J connectivity index is 1.92. The van der Waals surface area contributed by atoms with Gasteiger partial charge in [-0.15, -0.1) is 11.3 Å². The van der Waals surface area contributed by atoms with Crippen LogP contribution in [-0.2, 0) is 14.6 Å². The van der Waals surface area contributed by atoms with Crippen molar-refractivity contribution in [2.24, 2.45) is 0 Å². The number of nitrogens with zero attached hydrogens (tertiary/aromatic N) is 1. The molecule has 0 aromatic carbocycles. The van der Waals surface area contributed by atoms with Crippen LogP contribution in [0.5, 0.6) is 0 Å². The number of likely N-dealkylation sites (N-methyl/N-ethyl adjacent to an activating group) is 1. The molecule has 1 N–H and O–H groups in total. The Labute approximate surface area is 141 Å². The Hall–Kier alpha value is -0.930. The molecule has 0 unspecified atom stereocenters. The molecule has 0 aliphatic carbocycles. The van der Waals surface area contributed by atoms with Gasteiger partial charge in [-0.25, -0.2) is 8.42 Å². The average Bonchev–Trinajstić information content (AvgIpc) is 3.01. The molecule has 1 fully saturated rings. The summed E-state index contributed by atoms with van der Waals surface area (Å²) in [6, 6.07) is 3.15. The molecule has 1 saturated heterocycles. The zero-order chi connectivity index (χ0) is 16.3. The summed E-state index contributed by atoms with van der Waals surface area (Å²) in [5.74, 6) is -0.436. The molecule has 1 atom stereocenters. The lowest BCUT2D eigenvalue weighted by molar-refractivity contribution is -0.122. The first-order valence-electron chi connectivity index (χ1n) is 6.85. The van der Waals surface area contributed by atoms with Crippen molar-refractivity contribution in [3.8, 4) is 0 Å². The van der Waals surface area contributed by atoms with E-state index in [-0.39, 0.29) is 35.9 Å². The van der Waals surface area contributed by atoms with E-state index in [1.54, 1.807) is 19.1 Å². The smallest absolute Gasteiger partial charge is 0.264 e. The number of hydrogen-bond acceptors (Lipinski definition) is 5. The van der Waals surface area contributed by atoms with E-state index < -0.39 is 9.84 Å². The lowest BCUT2D eigenvalue weighted by Gasteiger charge is -2.20. The molecule has 0 saturated carbocycles. The molecule has 6 nitrogen and oxygen atoms in total. The minimum Gasteiger partial charge on any atom is -0.351 e. The first-order chi connectivity index (χ1) is 10.3. The zero-order valence-electron chi connectivity index (χ0n) is 12.0. The summed E-state index contributed by atoms with van der Waals surface area (Å²) in [6.45, 7) is 2.14. The van der Waals surface area contributed by atoms with Crippen LogP contribution in [0.2, 0.25) is 0 Å². The fourth-order valence-corrected chi connectivity index (χ4v) is 5.30. The number of sulfone groups is 1. The fraction of sp³-hybridized carbons (Fsp3) is 0.538. The van der Waals surface area contributed by atoms with Crippen LogP contribution in [0.4, 0.5) is 0 Å². The quantitative estimate of drug-likeness (QED) is 0.794. The second-order valence-corrected chi connectivity index (χ2v) is 9.78. The highest BCUT2D eigenvalue weighted by atomic mass is 79.9. The summed E-state index contributed by atoms with van der Waals surface area (Å²) >= 11 is 4.62. The van der Waals surface area contributed by atoms with Crippen molar-refractivity contribution in [3.63, 3.8) is 0 Å². The molecular formula is C13H17BrN2O4S2. The van der Waals surface area contributed by atoms with E-state index in [0.717, 1.165) is 3.79 Å². The minimum atomic E-state index is -3.03. The number of carbonyl (C=O) groups excluding carboxylic acids is 2. The minimum absolute atomic E-state index is 0.0172. The molecule has 9 heteroatoms. The molecular weight excluding hydrogens is 392 g/mol. The van der Waals surface area contributed by atoms with Crippen LogP contribution in [0.3, 0.4) is 0 Å². The van der Waals surface area contributed by atoms with Gasteiger partial charge in [-0.1, -0.05) is 0 Å². The second kappa shape index (κ2) is 7.10. The van der Waals surface area contributed by atoms with Crippen LogP contribution < -0.4 is 5.32 Å². The Morgan fingerprint density at radius 1 is 1.45 bits per heavy atom. The summed E-state index contributed by atoms with van der Waals surface area (Å²) in [6.07, 6.45) is 0.437. The van der Waals surface area contributed by atoms with Gasteiger partial charge in [0.1, 0.15) is 0 Å². The van der Waals surface area contributed by atoms with Gasteiger partial charge in [0, 0.05) is 12.6 Å². The van der Waals surface area contributed by atoms with Crippen molar-refractivity contribution in [2.45, 2.75) is 19.4 Å². The van der Waals surface area contributed by atoms with Gasteiger partial charge >= 0.3 is 0 Å². The van der Waals surface area contributed by atoms with Gasteiger partial charge in [-0.2, -0.15) is 0 Å². The predicted octanol–water partition coefficient (Wildman–Crippen LogP) is 1.28. The Morgan fingerprint density at radius 3 is 2.68 bits per heavy atom. The third-order valence-corrected chi connectivity index (χ3v) is 6.76. The summed E-state index contributed by atoms with van der Waals surface area (Å²) in [4.78, 5) is 26.3. The SMILES string of the molecule is CCN(CC(=O)N[C@@H]1CCS(=O)(=O)C1)C(=O)c1ccc(Br)s1. The first-order valence-corrected chi connectivity index (χ1v) is 10.3. The van der Waals surface area contributed by atoms with E-state index in [1.165, 1.54) is 16.2 Å². The van der Waals surface area contributed by atoms with Crippen molar-refractivity contribution in [1.29, 1.82) is 0 Å². The van der Waals surface area contributed by atoms with Crippen molar-refractivity contribution in [1.82, 2.24) is 10.2 Å². The third-order valence-electron chi connectivity index (χ3n) is 3.38. The molecule has 0 radical (unpaired) electrons. The lowest BCUT2D eigenvalue weighted by atomic mass is 10.2. The maximum Gasteiger partial charge on any atom is 0.264 e. The van der Waals surface area contributed by atoms with Crippen LogP contribution >= 0.6 is 27.3 Å². The van der Waals surface area contributed by atoms with E-state index in [0.29, 0.717) is 17.8 Å². The standard InChI is InChI=1S/C13H17BrN2O4S2/c1-2-16(13(18)10-3-4-11(14)21-10)7-12(17)15-9-5-6-22(19,20)8-9/h3-4,9H,2,5-8H2,1H3,(H,15,17)/t9-/m1/s1. The highest BCUT2D eigenvalue weighted by molar-refractivity contribution is 9.11. The molecule has 2 amide bonds. The number of halogens is 1. The van der Waals surface area contributed by atoms with E-state index in [1.807, 2.05) is 0 Å². The molecule has 0 bridgehead atoms. The molecule has 1 aliphatic heterocycles. The second-order valence-electron chi connectivity index (χ2n) is 5.09. The molecule has 1 aromatic heterocycles. The first kappa shape index (κ1) is 17.4. The van der Waals surface area contributed by atoms with E-state index in [2.05, 4.69) is 21.2 Å².